The van der Waals surface area contributed by atoms with Crippen LogP contribution in [0.15, 0.2) is 42.5 Å². The number of methoxy groups -OCH3 is 1. The zero-order valence-corrected chi connectivity index (χ0v) is 17.9. The first-order valence-corrected chi connectivity index (χ1v) is 9.71. The number of hydrogen-bond acceptors (Lipinski definition) is 4. The second-order valence-electron chi connectivity index (χ2n) is 6.54. The minimum atomic E-state index is -0.352. The van der Waals surface area contributed by atoms with Gasteiger partial charge in [-0.25, -0.2) is 0 Å². The first-order chi connectivity index (χ1) is 13.9. The second-order valence-corrected chi connectivity index (χ2v) is 7.36. The molecule has 3 aromatic rings. The number of ether oxygens (including phenoxy) is 1. The zero-order valence-electron chi connectivity index (χ0n) is 16.3. The molecule has 2 aromatic carbocycles. The molecule has 3 rings (SSSR count). The second kappa shape index (κ2) is 9.07. The van der Waals surface area contributed by atoms with Crippen LogP contribution in [-0.2, 0) is 6.42 Å². The van der Waals surface area contributed by atoms with Crippen LogP contribution in [0.1, 0.15) is 32.9 Å². The maximum atomic E-state index is 12.3. The van der Waals surface area contributed by atoms with Gasteiger partial charge in [-0.2, -0.15) is 5.10 Å². The molecule has 29 heavy (non-hydrogen) atoms. The minimum absolute atomic E-state index is 0.205. The Labute approximate surface area is 179 Å². The Kier molecular flexibility index (Phi) is 6.51. The number of halogens is 1. The van der Waals surface area contributed by atoms with Crippen molar-refractivity contribution in [3.63, 3.8) is 0 Å². The number of aryl methyl sites for hydroxylation is 2. The lowest BCUT2D eigenvalue weighted by Gasteiger charge is -2.11. The highest BCUT2D eigenvalue weighted by atomic mass is 35.5. The predicted molar refractivity (Wildman–Crippen MR) is 119 cm³/mol. The van der Waals surface area contributed by atoms with Gasteiger partial charge in [-0.3, -0.25) is 15.2 Å². The first-order valence-electron chi connectivity index (χ1n) is 8.92. The molecule has 0 saturated carbocycles. The van der Waals surface area contributed by atoms with E-state index in [4.69, 9.17) is 28.6 Å². The van der Waals surface area contributed by atoms with Crippen LogP contribution in [0.4, 0.5) is 5.69 Å². The molecule has 8 heteroatoms. The molecule has 6 nitrogen and oxygen atoms in total. The van der Waals surface area contributed by atoms with Crippen molar-refractivity contribution in [3.8, 4) is 5.75 Å². The van der Waals surface area contributed by atoms with Crippen molar-refractivity contribution in [3.05, 3.63) is 75.6 Å². The first kappa shape index (κ1) is 20.8. The molecule has 1 aromatic heterocycles. The van der Waals surface area contributed by atoms with E-state index in [2.05, 4.69) is 20.8 Å². The van der Waals surface area contributed by atoms with Crippen LogP contribution in [0, 0.1) is 13.8 Å². The summed E-state index contributed by atoms with van der Waals surface area (Å²) in [6.07, 6.45) is 0.799. The topological polar surface area (TPSA) is 79.0 Å². The van der Waals surface area contributed by atoms with Gasteiger partial charge in [-0.05, 0) is 62.0 Å². The summed E-state index contributed by atoms with van der Waals surface area (Å²) in [5, 5.41) is 13.4. The summed E-state index contributed by atoms with van der Waals surface area (Å²) in [5.41, 5.74) is 5.62. The molecular weight excluding hydrogens is 408 g/mol. The molecule has 150 valence electrons. The van der Waals surface area contributed by atoms with Crippen molar-refractivity contribution >= 4 is 40.5 Å². The highest BCUT2D eigenvalue weighted by Crippen LogP contribution is 2.25. The molecule has 0 unspecified atom stereocenters. The molecule has 0 atom stereocenters. The maximum absolute atomic E-state index is 12.3. The van der Waals surface area contributed by atoms with Gasteiger partial charge in [0.1, 0.15) is 5.75 Å². The van der Waals surface area contributed by atoms with Gasteiger partial charge in [-0.15, -0.1) is 0 Å². The SMILES string of the molecule is COc1ccc(C(=O)NC(=S)Nc2ccc(Cc3c(C)n[nH]c3C)cc2)cc1Cl. The fourth-order valence-corrected chi connectivity index (χ4v) is 3.36. The van der Waals surface area contributed by atoms with Gasteiger partial charge in [0.2, 0.25) is 0 Å². The Bertz CT molecular complexity index is 1030. The summed E-state index contributed by atoms with van der Waals surface area (Å²) >= 11 is 11.3. The molecule has 0 aliphatic carbocycles. The van der Waals surface area contributed by atoms with Crippen LogP contribution in [0.5, 0.6) is 5.75 Å². The highest BCUT2D eigenvalue weighted by molar-refractivity contribution is 7.80. The van der Waals surface area contributed by atoms with Crippen molar-refractivity contribution in [2.24, 2.45) is 0 Å². The van der Waals surface area contributed by atoms with Crippen LogP contribution in [0.25, 0.3) is 0 Å². The molecule has 0 aliphatic heterocycles. The van der Waals surface area contributed by atoms with Gasteiger partial charge in [0.15, 0.2) is 5.11 Å². The number of aromatic amines is 1. The van der Waals surface area contributed by atoms with Gasteiger partial charge in [0.05, 0.1) is 17.8 Å². The van der Waals surface area contributed by atoms with E-state index >= 15 is 0 Å². The number of nitrogens with zero attached hydrogens (tertiary/aromatic N) is 1. The standard InChI is InChI=1S/C21H21ClN4O2S/c1-12-17(13(2)26-25-12)10-14-4-7-16(8-5-14)23-21(29)24-20(27)15-6-9-19(28-3)18(22)11-15/h4-9,11H,10H2,1-3H3,(H,25,26)(H2,23,24,27,29). The number of amides is 1. The molecule has 0 fully saturated rings. The number of hydrogen-bond donors (Lipinski definition) is 3. The highest BCUT2D eigenvalue weighted by Gasteiger charge is 2.11. The Morgan fingerprint density at radius 2 is 1.93 bits per heavy atom. The largest absolute Gasteiger partial charge is 0.495 e. The van der Waals surface area contributed by atoms with Crippen molar-refractivity contribution < 1.29 is 9.53 Å². The van der Waals surface area contributed by atoms with Crippen molar-refractivity contribution in [2.75, 3.05) is 12.4 Å². The Morgan fingerprint density at radius 3 is 2.52 bits per heavy atom. The molecule has 0 spiro atoms. The van der Waals surface area contributed by atoms with Gasteiger partial charge in [0.25, 0.3) is 5.91 Å². The third-order valence-corrected chi connectivity index (χ3v) is 5.01. The fraction of sp³-hybridized carbons (Fsp3) is 0.190. The smallest absolute Gasteiger partial charge is 0.257 e. The van der Waals surface area contributed by atoms with E-state index in [9.17, 15) is 4.79 Å². The lowest BCUT2D eigenvalue weighted by molar-refractivity contribution is 0.0977. The molecule has 1 heterocycles. The van der Waals surface area contributed by atoms with Crippen LogP contribution in [0.2, 0.25) is 5.02 Å². The number of carbonyl (C=O) groups is 1. The summed E-state index contributed by atoms with van der Waals surface area (Å²) < 4.78 is 5.09. The Hall–Kier alpha value is -2.90. The van der Waals surface area contributed by atoms with Crippen LogP contribution >= 0.6 is 23.8 Å². The summed E-state index contributed by atoms with van der Waals surface area (Å²) in [7, 11) is 1.52. The predicted octanol–water partition coefficient (Wildman–Crippen LogP) is 4.41. The minimum Gasteiger partial charge on any atom is -0.495 e. The van der Waals surface area contributed by atoms with E-state index in [1.54, 1.807) is 12.1 Å². The van der Waals surface area contributed by atoms with E-state index in [1.807, 2.05) is 38.1 Å². The number of anilines is 1. The Morgan fingerprint density at radius 1 is 1.21 bits per heavy atom. The summed E-state index contributed by atoms with van der Waals surface area (Å²) in [5.74, 6) is 0.152. The average Bonchev–Trinajstić information content (AvgIpc) is 3.01. The number of benzene rings is 2. The van der Waals surface area contributed by atoms with Gasteiger partial charge >= 0.3 is 0 Å². The molecule has 3 N–H and O–H groups in total. The number of carbonyl (C=O) groups excluding carboxylic acids is 1. The van der Waals surface area contributed by atoms with E-state index in [-0.39, 0.29) is 11.0 Å². The van der Waals surface area contributed by atoms with Crippen molar-refractivity contribution in [1.82, 2.24) is 15.5 Å². The monoisotopic (exact) mass is 428 g/mol. The van der Waals surface area contributed by atoms with E-state index < -0.39 is 0 Å². The number of rotatable bonds is 5. The molecule has 0 saturated heterocycles. The van der Waals surface area contributed by atoms with Gasteiger partial charge < -0.3 is 10.1 Å². The van der Waals surface area contributed by atoms with Crippen molar-refractivity contribution in [1.29, 1.82) is 0 Å². The number of thiocarbonyl (C=S) groups is 1. The molecule has 0 aliphatic rings. The lowest BCUT2D eigenvalue weighted by atomic mass is 10.0. The normalized spacial score (nSPS) is 10.5. The molecule has 0 bridgehead atoms. The van der Waals surface area contributed by atoms with Gasteiger partial charge in [-0.1, -0.05) is 23.7 Å². The van der Waals surface area contributed by atoms with Gasteiger partial charge in [0, 0.05) is 28.9 Å². The average molecular weight is 429 g/mol. The molecule has 0 radical (unpaired) electrons. The Balaban J connectivity index is 1.59. The number of nitrogens with one attached hydrogen (secondary N) is 3. The van der Waals surface area contributed by atoms with Crippen LogP contribution in [-0.4, -0.2) is 28.3 Å². The lowest BCUT2D eigenvalue weighted by Crippen LogP contribution is -2.34. The summed E-state index contributed by atoms with van der Waals surface area (Å²) in [4.78, 5) is 12.3. The number of H-pyrrole nitrogens is 1. The summed E-state index contributed by atoms with van der Waals surface area (Å²) in [6, 6.07) is 12.7. The number of aromatic nitrogens is 2. The zero-order chi connectivity index (χ0) is 21.0. The summed E-state index contributed by atoms with van der Waals surface area (Å²) in [6.45, 7) is 4.01. The molecular formula is C21H21ClN4O2S. The van der Waals surface area contributed by atoms with E-state index in [0.29, 0.717) is 16.3 Å². The van der Waals surface area contributed by atoms with Crippen LogP contribution in [0.3, 0.4) is 0 Å². The molecule has 1 amide bonds. The quantitative estimate of drug-likeness (QED) is 0.525. The third kappa shape index (κ3) is 5.13. The fourth-order valence-electron chi connectivity index (χ4n) is 2.89. The van der Waals surface area contributed by atoms with Crippen LogP contribution < -0.4 is 15.4 Å². The van der Waals surface area contributed by atoms with Crippen molar-refractivity contribution in [2.45, 2.75) is 20.3 Å². The van der Waals surface area contributed by atoms with E-state index in [1.165, 1.54) is 18.7 Å². The maximum Gasteiger partial charge on any atom is 0.257 e. The van der Waals surface area contributed by atoms with E-state index in [0.717, 1.165) is 29.1 Å². The third-order valence-electron chi connectivity index (χ3n) is 4.51.